The van der Waals surface area contributed by atoms with Gasteiger partial charge in [0.15, 0.2) is 0 Å². The zero-order valence-electron chi connectivity index (χ0n) is 16.2. The maximum atomic E-state index is 12.1. The minimum Gasteiger partial charge on any atom is -0.508 e. The van der Waals surface area contributed by atoms with Gasteiger partial charge in [-0.3, -0.25) is 9.69 Å². The third kappa shape index (κ3) is 6.10. The van der Waals surface area contributed by atoms with Gasteiger partial charge in [0.25, 0.3) is 0 Å². The van der Waals surface area contributed by atoms with Crippen LogP contribution < -0.4 is 5.32 Å². The Morgan fingerprint density at radius 2 is 1.74 bits per heavy atom. The number of para-hydroxylation sites is 1. The number of phenolic OH excluding ortho intramolecular Hbond substituents is 1. The summed E-state index contributed by atoms with van der Waals surface area (Å²) in [5.74, 6) is 1.12. The predicted molar refractivity (Wildman–Crippen MR) is 108 cm³/mol. The van der Waals surface area contributed by atoms with Gasteiger partial charge in [-0.05, 0) is 61.0 Å². The van der Waals surface area contributed by atoms with Crippen LogP contribution in [0.15, 0.2) is 48.5 Å². The highest BCUT2D eigenvalue weighted by molar-refractivity contribution is 5.76. The summed E-state index contributed by atoms with van der Waals surface area (Å²) in [6, 6.07) is 15.7. The molecule has 1 saturated heterocycles. The molecule has 27 heavy (non-hydrogen) atoms. The fraction of sp³-hybridized carbons (Fsp3) is 0.435. The second-order valence-electron chi connectivity index (χ2n) is 7.68. The Labute approximate surface area is 162 Å². The number of nitrogens with one attached hydrogen (secondary N) is 1. The first-order valence-corrected chi connectivity index (χ1v) is 9.94. The lowest BCUT2D eigenvalue weighted by Gasteiger charge is -2.30. The van der Waals surface area contributed by atoms with Crippen LogP contribution in [0, 0.1) is 5.92 Å². The zero-order valence-corrected chi connectivity index (χ0v) is 16.2. The molecular weight excluding hydrogens is 336 g/mol. The largest absolute Gasteiger partial charge is 0.508 e. The third-order valence-electron chi connectivity index (χ3n) is 5.41. The van der Waals surface area contributed by atoms with Crippen molar-refractivity contribution < 1.29 is 9.90 Å². The molecule has 2 aromatic carbocycles. The standard InChI is InChI=1S/C23H30N2O2/c1-18-12-14-25(15-13-18)17-20-8-6-19(7-9-20)16-24-23(27)11-10-21-4-2-3-5-22(21)26/h2-9,18,26H,10-17H2,1H3,(H,24,27). The molecule has 144 valence electrons. The number of amides is 1. The van der Waals surface area contributed by atoms with E-state index in [0.717, 1.165) is 23.6 Å². The smallest absolute Gasteiger partial charge is 0.220 e. The number of nitrogens with zero attached hydrogens (tertiary/aromatic N) is 1. The second kappa shape index (κ2) is 9.56. The molecule has 4 heteroatoms. The lowest BCUT2D eigenvalue weighted by Crippen LogP contribution is -2.32. The minimum atomic E-state index is 0.00441. The summed E-state index contributed by atoms with van der Waals surface area (Å²) in [6.07, 6.45) is 3.52. The Kier molecular flexibility index (Phi) is 6.88. The quantitative estimate of drug-likeness (QED) is 0.782. The number of carbonyl (C=O) groups is 1. The Morgan fingerprint density at radius 3 is 2.44 bits per heavy atom. The van der Waals surface area contributed by atoms with Crippen molar-refractivity contribution in [1.82, 2.24) is 10.2 Å². The average molecular weight is 367 g/mol. The Bertz CT molecular complexity index is 734. The van der Waals surface area contributed by atoms with Gasteiger partial charge in [0, 0.05) is 19.5 Å². The summed E-state index contributed by atoms with van der Waals surface area (Å²) in [4.78, 5) is 14.6. The van der Waals surface area contributed by atoms with Crippen molar-refractivity contribution >= 4 is 5.91 Å². The van der Waals surface area contributed by atoms with E-state index in [-0.39, 0.29) is 11.7 Å². The highest BCUT2D eigenvalue weighted by Crippen LogP contribution is 2.19. The van der Waals surface area contributed by atoms with E-state index in [1.165, 1.54) is 31.5 Å². The van der Waals surface area contributed by atoms with Crippen molar-refractivity contribution in [3.05, 3.63) is 65.2 Å². The summed E-state index contributed by atoms with van der Waals surface area (Å²) < 4.78 is 0. The number of hydrogen-bond donors (Lipinski definition) is 2. The van der Waals surface area contributed by atoms with Gasteiger partial charge in [-0.1, -0.05) is 49.4 Å². The topological polar surface area (TPSA) is 52.6 Å². The molecule has 0 radical (unpaired) electrons. The van der Waals surface area contributed by atoms with Gasteiger partial charge >= 0.3 is 0 Å². The molecule has 0 saturated carbocycles. The number of phenols is 1. The molecular formula is C23H30N2O2. The number of hydrogen-bond acceptors (Lipinski definition) is 3. The maximum Gasteiger partial charge on any atom is 0.220 e. The lowest BCUT2D eigenvalue weighted by atomic mass is 9.99. The molecule has 0 bridgehead atoms. The third-order valence-corrected chi connectivity index (χ3v) is 5.41. The van der Waals surface area contributed by atoms with Crippen LogP contribution in [-0.4, -0.2) is 29.0 Å². The molecule has 0 spiro atoms. The van der Waals surface area contributed by atoms with Crippen molar-refractivity contribution in [3.8, 4) is 5.75 Å². The Hall–Kier alpha value is -2.33. The van der Waals surface area contributed by atoms with Crippen LogP contribution in [0.2, 0.25) is 0 Å². The average Bonchev–Trinajstić information content (AvgIpc) is 2.68. The van der Waals surface area contributed by atoms with Gasteiger partial charge in [-0.15, -0.1) is 0 Å². The number of carbonyl (C=O) groups excluding carboxylic acids is 1. The molecule has 1 aliphatic heterocycles. The van der Waals surface area contributed by atoms with Gasteiger partial charge in [0.05, 0.1) is 0 Å². The fourth-order valence-electron chi connectivity index (χ4n) is 3.50. The summed E-state index contributed by atoms with van der Waals surface area (Å²) in [6.45, 7) is 6.27. The molecule has 1 fully saturated rings. The van der Waals surface area contributed by atoms with E-state index in [9.17, 15) is 9.90 Å². The maximum absolute atomic E-state index is 12.1. The number of benzene rings is 2. The number of aromatic hydroxyl groups is 1. The van der Waals surface area contributed by atoms with E-state index >= 15 is 0 Å². The normalized spacial score (nSPS) is 15.6. The highest BCUT2D eigenvalue weighted by Gasteiger charge is 2.15. The summed E-state index contributed by atoms with van der Waals surface area (Å²) >= 11 is 0. The fourth-order valence-corrected chi connectivity index (χ4v) is 3.50. The van der Waals surface area contributed by atoms with Gasteiger partial charge < -0.3 is 10.4 Å². The predicted octanol–water partition coefficient (Wildman–Crippen LogP) is 3.87. The number of aryl methyl sites for hydroxylation is 1. The van der Waals surface area contributed by atoms with E-state index in [0.29, 0.717) is 19.4 Å². The zero-order chi connectivity index (χ0) is 19.1. The number of rotatable bonds is 7. The van der Waals surface area contributed by atoms with Crippen molar-refractivity contribution in [2.24, 2.45) is 5.92 Å². The first-order valence-electron chi connectivity index (χ1n) is 9.94. The molecule has 0 aromatic heterocycles. The molecule has 3 rings (SSSR count). The minimum absolute atomic E-state index is 0.00441. The summed E-state index contributed by atoms with van der Waals surface area (Å²) in [5.41, 5.74) is 3.25. The van der Waals surface area contributed by atoms with E-state index in [1.54, 1.807) is 12.1 Å². The molecule has 1 heterocycles. The van der Waals surface area contributed by atoms with Crippen LogP contribution in [-0.2, 0) is 24.3 Å². The van der Waals surface area contributed by atoms with Crippen molar-refractivity contribution in [3.63, 3.8) is 0 Å². The van der Waals surface area contributed by atoms with Gasteiger partial charge in [0.2, 0.25) is 5.91 Å². The molecule has 0 unspecified atom stereocenters. The molecule has 0 aliphatic carbocycles. The van der Waals surface area contributed by atoms with E-state index in [2.05, 4.69) is 41.4 Å². The molecule has 4 nitrogen and oxygen atoms in total. The van der Waals surface area contributed by atoms with Gasteiger partial charge in [0.1, 0.15) is 5.75 Å². The SMILES string of the molecule is CC1CCN(Cc2ccc(CNC(=O)CCc3ccccc3O)cc2)CC1. The lowest BCUT2D eigenvalue weighted by molar-refractivity contribution is -0.121. The summed E-state index contributed by atoms with van der Waals surface area (Å²) in [5, 5.41) is 12.7. The molecule has 2 aromatic rings. The van der Waals surface area contributed by atoms with E-state index in [4.69, 9.17) is 0 Å². The van der Waals surface area contributed by atoms with Crippen molar-refractivity contribution in [1.29, 1.82) is 0 Å². The molecule has 0 atom stereocenters. The number of piperidine rings is 1. The first kappa shape index (κ1) is 19.4. The van der Waals surface area contributed by atoms with Crippen LogP contribution in [0.5, 0.6) is 5.75 Å². The first-order chi connectivity index (χ1) is 13.1. The second-order valence-corrected chi connectivity index (χ2v) is 7.68. The Morgan fingerprint density at radius 1 is 1.07 bits per heavy atom. The van der Waals surface area contributed by atoms with Gasteiger partial charge in [-0.25, -0.2) is 0 Å². The Balaban J connectivity index is 1.40. The molecule has 2 N–H and O–H groups in total. The van der Waals surface area contributed by atoms with E-state index < -0.39 is 0 Å². The van der Waals surface area contributed by atoms with Gasteiger partial charge in [-0.2, -0.15) is 0 Å². The molecule has 1 aliphatic rings. The molecule has 1 amide bonds. The van der Waals surface area contributed by atoms with E-state index in [1.807, 2.05) is 12.1 Å². The number of likely N-dealkylation sites (tertiary alicyclic amines) is 1. The monoisotopic (exact) mass is 366 g/mol. The van der Waals surface area contributed by atoms with Crippen LogP contribution >= 0.6 is 0 Å². The van der Waals surface area contributed by atoms with Crippen molar-refractivity contribution in [2.75, 3.05) is 13.1 Å². The van der Waals surface area contributed by atoms with Crippen molar-refractivity contribution in [2.45, 2.75) is 45.7 Å². The van der Waals surface area contributed by atoms with Crippen LogP contribution in [0.1, 0.15) is 42.9 Å². The highest BCUT2D eigenvalue weighted by atomic mass is 16.3. The van der Waals surface area contributed by atoms with Crippen LogP contribution in [0.4, 0.5) is 0 Å². The van der Waals surface area contributed by atoms with Crippen LogP contribution in [0.3, 0.4) is 0 Å². The summed E-state index contributed by atoms with van der Waals surface area (Å²) in [7, 11) is 0. The van der Waals surface area contributed by atoms with Crippen LogP contribution in [0.25, 0.3) is 0 Å².